The first-order chi connectivity index (χ1) is 10.5. The molecule has 0 bridgehead atoms. The van der Waals surface area contributed by atoms with Crippen molar-refractivity contribution in [1.82, 2.24) is 0 Å². The predicted octanol–water partition coefficient (Wildman–Crippen LogP) is 2.84. The van der Waals surface area contributed by atoms with Gasteiger partial charge in [0.2, 0.25) is 0 Å². The molecule has 5 nitrogen and oxygen atoms in total. The summed E-state index contributed by atoms with van der Waals surface area (Å²) in [6, 6.07) is 7.25. The van der Waals surface area contributed by atoms with E-state index in [4.69, 9.17) is 14.2 Å². The first-order valence-electron chi connectivity index (χ1n) is 7.15. The van der Waals surface area contributed by atoms with Gasteiger partial charge in [0.1, 0.15) is 5.75 Å². The zero-order chi connectivity index (χ0) is 16.6. The Morgan fingerprint density at radius 2 is 1.55 bits per heavy atom. The molecule has 0 aromatic heterocycles. The van der Waals surface area contributed by atoms with Crippen molar-refractivity contribution in [3.8, 4) is 5.75 Å². The quantitative estimate of drug-likeness (QED) is 0.572. The van der Waals surface area contributed by atoms with Gasteiger partial charge in [-0.05, 0) is 38.5 Å². The van der Waals surface area contributed by atoms with Crippen LogP contribution < -0.4 is 4.74 Å². The lowest BCUT2D eigenvalue weighted by Crippen LogP contribution is -2.37. The Labute approximate surface area is 130 Å². The van der Waals surface area contributed by atoms with Crippen molar-refractivity contribution in [3.63, 3.8) is 0 Å². The topological polar surface area (TPSA) is 61.8 Å². The molecule has 1 aromatic rings. The van der Waals surface area contributed by atoms with Crippen molar-refractivity contribution in [2.75, 3.05) is 20.3 Å². The summed E-state index contributed by atoms with van der Waals surface area (Å²) in [4.78, 5) is 24.2. The van der Waals surface area contributed by atoms with Gasteiger partial charge in [0.15, 0.2) is 5.41 Å². The molecule has 22 heavy (non-hydrogen) atoms. The van der Waals surface area contributed by atoms with Crippen molar-refractivity contribution in [2.24, 2.45) is 5.41 Å². The molecule has 0 aliphatic heterocycles. The monoisotopic (exact) mass is 306 g/mol. The smallest absolute Gasteiger partial charge is 0.327 e. The largest absolute Gasteiger partial charge is 0.497 e. The molecular formula is C17H22O5. The Morgan fingerprint density at radius 1 is 1.05 bits per heavy atom. The van der Waals surface area contributed by atoms with Gasteiger partial charge in [0.05, 0.1) is 20.3 Å². The van der Waals surface area contributed by atoms with Crippen molar-refractivity contribution in [2.45, 2.75) is 20.8 Å². The number of ether oxygens (including phenoxy) is 3. The predicted molar refractivity (Wildman–Crippen MR) is 83.4 cm³/mol. The Balaban J connectivity index is 3.02. The summed E-state index contributed by atoms with van der Waals surface area (Å²) in [6.07, 6.45) is 3.19. The first-order valence-corrected chi connectivity index (χ1v) is 7.15. The van der Waals surface area contributed by atoms with Crippen molar-refractivity contribution >= 4 is 18.0 Å². The molecule has 0 aliphatic rings. The van der Waals surface area contributed by atoms with E-state index in [0.717, 1.165) is 11.3 Å². The average Bonchev–Trinajstić information content (AvgIpc) is 2.53. The number of carbonyl (C=O) groups excluding carboxylic acids is 2. The highest BCUT2D eigenvalue weighted by Crippen LogP contribution is 2.25. The zero-order valence-corrected chi connectivity index (χ0v) is 13.4. The van der Waals surface area contributed by atoms with E-state index in [1.165, 1.54) is 13.0 Å². The van der Waals surface area contributed by atoms with Crippen LogP contribution in [0, 0.1) is 5.41 Å². The van der Waals surface area contributed by atoms with Crippen LogP contribution in [0.4, 0.5) is 0 Å². The molecule has 0 saturated heterocycles. The van der Waals surface area contributed by atoms with Crippen LogP contribution >= 0.6 is 0 Å². The van der Waals surface area contributed by atoms with Crippen LogP contribution in [0.1, 0.15) is 26.3 Å². The number of benzene rings is 1. The third-order valence-corrected chi connectivity index (χ3v) is 3.12. The minimum atomic E-state index is -1.47. The maximum Gasteiger partial charge on any atom is 0.327 e. The highest BCUT2D eigenvalue weighted by Gasteiger charge is 2.41. The second-order valence-electron chi connectivity index (χ2n) is 4.75. The molecule has 5 heteroatoms. The Morgan fingerprint density at radius 3 is 1.95 bits per heavy atom. The number of hydrogen-bond donors (Lipinski definition) is 0. The highest BCUT2D eigenvalue weighted by atomic mass is 16.6. The summed E-state index contributed by atoms with van der Waals surface area (Å²) in [5.74, 6) is -0.521. The standard InChI is InChI=1S/C17H22O5/c1-5-21-15(18)17(3,16(19)22-6-2)12-11-13-7-9-14(20-4)10-8-13/h7-12H,5-6H2,1-4H3. The zero-order valence-electron chi connectivity index (χ0n) is 13.4. The first kappa shape index (κ1) is 17.8. The number of carbonyl (C=O) groups is 2. The molecular weight excluding hydrogens is 284 g/mol. The summed E-state index contributed by atoms with van der Waals surface area (Å²) in [5.41, 5.74) is -0.632. The summed E-state index contributed by atoms with van der Waals surface area (Å²) in [5, 5.41) is 0. The SMILES string of the molecule is CCOC(=O)C(C)(C=Cc1ccc(OC)cc1)C(=O)OCC. The molecule has 0 fully saturated rings. The van der Waals surface area contributed by atoms with Crippen LogP contribution in [0.2, 0.25) is 0 Å². The van der Waals surface area contributed by atoms with Gasteiger partial charge in [-0.25, -0.2) is 0 Å². The van der Waals surface area contributed by atoms with Crippen LogP contribution in [0.15, 0.2) is 30.3 Å². The molecule has 0 aliphatic carbocycles. The van der Waals surface area contributed by atoms with E-state index in [2.05, 4.69) is 0 Å². The fraction of sp³-hybridized carbons (Fsp3) is 0.412. The van der Waals surface area contributed by atoms with Crippen molar-refractivity contribution in [3.05, 3.63) is 35.9 Å². The van der Waals surface area contributed by atoms with E-state index in [9.17, 15) is 9.59 Å². The van der Waals surface area contributed by atoms with Gasteiger partial charge < -0.3 is 14.2 Å². The van der Waals surface area contributed by atoms with E-state index in [0.29, 0.717) is 0 Å². The summed E-state index contributed by atoms with van der Waals surface area (Å²) in [7, 11) is 1.59. The Bertz CT molecular complexity index is 512. The Hall–Kier alpha value is -2.30. The van der Waals surface area contributed by atoms with Gasteiger partial charge in [-0.1, -0.05) is 24.3 Å². The fourth-order valence-corrected chi connectivity index (χ4v) is 1.76. The average molecular weight is 306 g/mol. The van der Waals surface area contributed by atoms with Gasteiger partial charge in [0.25, 0.3) is 0 Å². The van der Waals surface area contributed by atoms with Gasteiger partial charge in [-0.15, -0.1) is 0 Å². The summed E-state index contributed by atoms with van der Waals surface area (Å²) >= 11 is 0. The molecule has 0 saturated carbocycles. The lowest BCUT2D eigenvalue weighted by atomic mass is 9.89. The molecule has 120 valence electrons. The second kappa shape index (κ2) is 8.22. The highest BCUT2D eigenvalue weighted by molar-refractivity contribution is 6.02. The van der Waals surface area contributed by atoms with Gasteiger partial charge in [0, 0.05) is 0 Å². The van der Waals surface area contributed by atoms with Crippen LogP contribution in [0.3, 0.4) is 0 Å². The van der Waals surface area contributed by atoms with Crippen LogP contribution in [0.5, 0.6) is 5.75 Å². The number of hydrogen-bond acceptors (Lipinski definition) is 5. The summed E-state index contributed by atoms with van der Waals surface area (Å²) < 4.78 is 15.1. The van der Waals surface area contributed by atoms with E-state index in [-0.39, 0.29) is 13.2 Å². The molecule has 0 unspecified atom stereocenters. The number of rotatable bonds is 7. The molecule has 1 aromatic carbocycles. The molecule has 0 heterocycles. The van der Waals surface area contributed by atoms with Crippen molar-refractivity contribution in [1.29, 1.82) is 0 Å². The second-order valence-corrected chi connectivity index (χ2v) is 4.75. The lowest BCUT2D eigenvalue weighted by molar-refractivity contribution is -0.166. The normalized spacial score (nSPS) is 11.3. The van der Waals surface area contributed by atoms with E-state index >= 15 is 0 Å². The van der Waals surface area contributed by atoms with Gasteiger partial charge >= 0.3 is 11.9 Å². The Kier molecular flexibility index (Phi) is 6.63. The molecule has 0 amide bonds. The minimum absolute atomic E-state index is 0.199. The number of methoxy groups -OCH3 is 1. The molecule has 1 rings (SSSR count). The molecule has 0 spiro atoms. The fourth-order valence-electron chi connectivity index (χ4n) is 1.76. The minimum Gasteiger partial charge on any atom is -0.497 e. The van der Waals surface area contributed by atoms with Crippen LogP contribution in [-0.2, 0) is 19.1 Å². The maximum absolute atomic E-state index is 12.1. The van der Waals surface area contributed by atoms with Gasteiger partial charge in [-0.3, -0.25) is 9.59 Å². The van der Waals surface area contributed by atoms with Crippen LogP contribution in [-0.4, -0.2) is 32.3 Å². The van der Waals surface area contributed by atoms with E-state index in [1.807, 2.05) is 12.1 Å². The summed E-state index contributed by atoms with van der Waals surface area (Å²) in [6.45, 7) is 5.27. The third kappa shape index (κ3) is 4.35. The van der Waals surface area contributed by atoms with Gasteiger partial charge in [-0.2, -0.15) is 0 Å². The molecule has 0 radical (unpaired) electrons. The van der Waals surface area contributed by atoms with E-state index in [1.54, 1.807) is 39.2 Å². The molecule has 0 atom stereocenters. The maximum atomic E-state index is 12.1. The van der Waals surface area contributed by atoms with Crippen molar-refractivity contribution < 1.29 is 23.8 Å². The number of esters is 2. The molecule has 0 N–H and O–H groups in total. The van der Waals surface area contributed by atoms with Crippen LogP contribution in [0.25, 0.3) is 6.08 Å². The lowest BCUT2D eigenvalue weighted by Gasteiger charge is -2.21. The third-order valence-electron chi connectivity index (χ3n) is 3.12. The van der Waals surface area contributed by atoms with E-state index < -0.39 is 17.4 Å².